The van der Waals surface area contributed by atoms with Gasteiger partial charge in [-0.25, -0.2) is 27.2 Å². The van der Waals surface area contributed by atoms with E-state index in [0.29, 0.717) is 45.2 Å². The lowest BCUT2D eigenvalue weighted by molar-refractivity contribution is -0.0409. The number of alkyl halides is 2. The van der Waals surface area contributed by atoms with E-state index >= 15 is 0 Å². The first-order valence-electron chi connectivity index (χ1n) is 16.4. The number of thiazole rings is 1. The van der Waals surface area contributed by atoms with Crippen molar-refractivity contribution in [2.45, 2.75) is 81.0 Å². The summed E-state index contributed by atoms with van der Waals surface area (Å²) in [5, 5.41) is 17.5. The van der Waals surface area contributed by atoms with Crippen molar-refractivity contribution in [3.8, 4) is 0 Å². The summed E-state index contributed by atoms with van der Waals surface area (Å²) in [6, 6.07) is 10.8. The third-order valence-corrected chi connectivity index (χ3v) is 12.8. The number of aromatic nitrogens is 3. The molecule has 9 nitrogen and oxygen atoms in total. The van der Waals surface area contributed by atoms with Gasteiger partial charge in [0.15, 0.2) is 10.8 Å². The van der Waals surface area contributed by atoms with Gasteiger partial charge in [-0.1, -0.05) is 43.6 Å². The molecule has 264 valence electrons. The summed E-state index contributed by atoms with van der Waals surface area (Å²) in [6.45, 7) is 1.38. The van der Waals surface area contributed by atoms with Crippen LogP contribution in [-0.4, -0.2) is 57.2 Å². The molecule has 2 aromatic carbocycles. The van der Waals surface area contributed by atoms with E-state index in [4.69, 9.17) is 16.6 Å². The molecule has 2 atom stereocenters. The van der Waals surface area contributed by atoms with E-state index in [9.17, 15) is 26.7 Å². The zero-order valence-corrected chi connectivity index (χ0v) is 29.7. The van der Waals surface area contributed by atoms with Crippen molar-refractivity contribution >= 4 is 44.4 Å². The second-order valence-electron chi connectivity index (χ2n) is 13.4. The van der Waals surface area contributed by atoms with E-state index < -0.39 is 40.1 Å². The highest BCUT2D eigenvalue weighted by Crippen LogP contribution is 2.47. The Balaban J connectivity index is 1.20. The smallest absolute Gasteiger partial charge is 0.333 e. The molecule has 2 aromatic heterocycles. The molecular formula is C35H36ClF3N6O3S2. The molecule has 0 bridgehead atoms. The van der Waals surface area contributed by atoms with Crippen LogP contribution in [0.3, 0.4) is 0 Å². The maximum atomic E-state index is 14.1. The second-order valence-corrected chi connectivity index (χ2v) is 16.4. The van der Waals surface area contributed by atoms with Crippen molar-refractivity contribution in [1.82, 2.24) is 24.4 Å². The minimum Gasteiger partial charge on any atom is -0.390 e. The van der Waals surface area contributed by atoms with Gasteiger partial charge in [0.1, 0.15) is 11.9 Å². The van der Waals surface area contributed by atoms with Crippen molar-refractivity contribution in [2.75, 3.05) is 6.54 Å². The zero-order valence-electron chi connectivity index (χ0n) is 27.3. The van der Waals surface area contributed by atoms with Crippen LogP contribution in [-0.2, 0) is 10.0 Å². The quantitative estimate of drug-likeness (QED) is 0.183. The number of rotatable bonds is 9. The average molecular weight is 745 g/mol. The number of nitrogens with one attached hydrogen (secondary N) is 1. The molecule has 0 radical (unpaired) electrons. The van der Waals surface area contributed by atoms with Crippen LogP contribution in [0.5, 0.6) is 0 Å². The molecule has 0 spiro atoms. The van der Waals surface area contributed by atoms with E-state index in [0.717, 1.165) is 24.6 Å². The SMILES string of the molecule is CC(C)C1(O)CCC(c2ccc(S(=O)(=O)N[C@H]3CC4=C(c5ccn(C(F)F)n5)[C@H](c5ccc(F)cc5Cl)N=C(c5nccs5)N4C3)cc2)CC1. The number of fused-ring (bicyclic) bond motifs is 1. The van der Waals surface area contributed by atoms with Crippen molar-refractivity contribution in [1.29, 1.82) is 0 Å². The van der Waals surface area contributed by atoms with E-state index in [1.807, 2.05) is 30.9 Å². The summed E-state index contributed by atoms with van der Waals surface area (Å²) < 4.78 is 72.4. The van der Waals surface area contributed by atoms with Gasteiger partial charge in [-0.05, 0) is 73.4 Å². The minimum atomic E-state index is -3.98. The number of sulfonamides is 1. The van der Waals surface area contributed by atoms with Gasteiger partial charge in [-0.15, -0.1) is 11.3 Å². The fraction of sp³-hybridized carbons (Fsp3) is 0.400. The van der Waals surface area contributed by atoms with Gasteiger partial charge in [-0.3, -0.25) is 4.99 Å². The average Bonchev–Trinajstić information content (AvgIpc) is 3.86. The molecule has 4 aromatic rings. The molecule has 4 heterocycles. The molecule has 7 rings (SSSR count). The third kappa shape index (κ3) is 6.63. The highest BCUT2D eigenvalue weighted by Gasteiger charge is 2.42. The highest BCUT2D eigenvalue weighted by atomic mass is 35.5. The first kappa shape index (κ1) is 34.9. The van der Waals surface area contributed by atoms with Crippen LogP contribution in [0, 0.1) is 11.7 Å². The molecule has 1 aliphatic carbocycles. The van der Waals surface area contributed by atoms with E-state index in [2.05, 4.69) is 14.8 Å². The standard InChI is InChI=1S/C35H36ClF3N6O3S2/c1-20(2)35(46)12-9-22(10-13-35)21-3-6-25(7-4-21)50(47,48)43-24-18-29-30(28-11-15-45(42-28)34(38)39)31(26-8-5-23(37)17-27(26)36)41-32(44(29)19-24)33-40-14-16-49-33/h3-8,11,14-17,20,22,24,31,34,43,46H,9-10,12-13,18-19H2,1-2H3/t22?,24-,31-,35?/m0/s1. The van der Waals surface area contributed by atoms with Crippen LogP contribution in [0.4, 0.5) is 13.2 Å². The number of hydrogen-bond acceptors (Lipinski definition) is 8. The molecule has 1 saturated carbocycles. The summed E-state index contributed by atoms with van der Waals surface area (Å²) in [7, 11) is -3.98. The maximum absolute atomic E-state index is 14.1. The van der Waals surface area contributed by atoms with Crippen molar-refractivity contribution in [3.05, 3.63) is 105 Å². The lowest BCUT2D eigenvalue weighted by Gasteiger charge is -2.39. The van der Waals surface area contributed by atoms with Gasteiger partial charge >= 0.3 is 6.55 Å². The predicted octanol–water partition coefficient (Wildman–Crippen LogP) is 7.54. The van der Waals surface area contributed by atoms with Crippen LogP contribution < -0.4 is 4.72 Å². The third-order valence-electron chi connectivity index (χ3n) is 10.1. The lowest BCUT2D eigenvalue weighted by atomic mass is 9.71. The number of hydrogen-bond donors (Lipinski definition) is 2. The van der Waals surface area contributed by atoms with Crippen LogP contribution in [0.15, 0.2) is 81.9 Å². The van der Waals surface area contributed by atoms with Crippen LogP contribution in [0.25, 0.3) is 5.57 Å². The Morgan fingerprint density at radius 3 is 2.46 bits per heavy atom. The van der Waals surface area contributed by atoms with E-state index in [-0.39, 0.29) is 40.4 Å². The molecular weight excluding hydrogens is 709 g/mol. The number of nitrogens with zero attached hydrogens (tertiary/aromatic N) is 5. The summed E-state index contributed by atoms with van der Waals surface area (Å²) in [5.41, 5.74) is 2.11. The number of amidine groups is 1. The zero-order chi connectivity index (χ0) is 35.4. The van der Waals surface area contributed by atoms with Crippen molar-refractivity contribution in [2.24, 2.45) is 10.9 Å². The number of aliphatic hydroxyl groups is 1. The molecule has 15 heteroatoms. The van der Waals surface area contributed by atoms with Gasteiger partial charge in [0.05, 0.1) is 16.2 Å². The summed E-state index contributed by atoms with van der Waals surface area (Å²) in [5.74, 6) is 0.335. The van der Waals surface area contributed by atoms with Crippen molar-refractivity contribution in [3.63, 3.8) is 0 Å². The molecule has 2 fully saturated rings. The van der Waals surface area contributed by atoms with Crippen LogP contribution >= 0.6 is 22.9 Å². The first-order chi connectivity index (χ1) is 23.8. The molecule has 3 aliphatic rings. The highest BCUT2D eigenvalue weighted by molar-refractivity contribution is 7.89. The van der Waals surface area contributed by atoms with Crippen LogP contribution in [0.1, 0.15) is 86.3 Å². The Bertz CT molecular complexity index is 2040. The Labute approximate surface area is 297 Å². The Hall–Kier alpha value is -3.56. The van der Waals surface area contributed by atoms with Gasteiger partial charge in [0.2, 0.25) is 10.0 Å². The number of aliphatic imine (C=N–C) groups is 1. The fourth-order valence-electron chi connectivity index (χ4n) is 7.27. The second kappa shape index (κ2) is 13.5. The first-order valence-corrected chi connectivity index (χ1v) is 19.2. The Morgan fingerprint density at radius 1 is 1.10 bits per heavy atom. The Morgan fingerprint density at radius 2 is 1.84 bits per heavy atom. The molecule has 0 amide bonds. The lowest BCUT2D eigenvalue weighted by Crippen LogP contribution is -2.39. The number of halogens is 4. The summed E-state index contributed by atoms with van der Waals surface area (Å²) in [6.07, 6.45) is 6.05. The number of benzene rings is 2. The van der Waals surface area contributed by atoms with Gasteiger partial charge in [0.25, 0.3) is 0 Å². The summed E-state index contributed by atoms with van der Waals surface area (Å²) in [4.78, 5) is 11.4. The maximum Gasteiger partial charge on any atom is 0.333 e. The van der Waals surface area contributed by atoms with E-state index in [1.54, 1.807) is 23.7 Å². The van der Waals surface area contributed by atoms with Gasteiger partial charge in [0, 0.05) is 58.6 Å². The molecule has 2 aliphatic heterocycles. The fourth-order valence-corrected chi connectivity index (χ4v) is 9.41. The van der Waals surface area contributed by atoms with E-state index in [1.165, 1.54) is 35.6 Å². The summed E-state index contributed by atoms with van der Waals surface area (Å²) >= 11 is 7.89. The normalized spacial score (nSPS) is 24.3. The Kier molecular flexibility index (Phi) is 9.44. The molecule has 0 unspecified atom stereocenters. The molecule has 50 heavy (non-hydrogen) atoms. The topological polar surface area (TPSA) is 113 Å². The van der Waals surface area contributed by atoms with Crippen LogP contribution in [0.2, 0.25) is 5.02 Å². The van der Waals surface area contributed by atoms with Gasteiger partial charge < -0.3 is 10.0 Å². The monoisotopic (exact) mass is 744 g/mol. The van der Waals surface area contributed by atoms with Crippen molar-refractivity contribution < 1.29 is 26.7 Å². The largest absolute Gasteiger partial charge is 0.390 e. The predicted molar refractivity (Wildman–Crippen MR) is 186 cm³/mol. The minimum absolute atomic E-state index is 0.0969. The molecule has 1 saturated heterocycles. The molecule has 2 N–H and O–H groups in total. The van der Waals surface area contributed by atoms with Gasteiger partial charge in [-0.2, -0.15) is 13.9 Å².